The van der Waals surface area contributed by atoms with Gasteiger partial charge in [0, 0.05) is 29.6 Å². The van der Waals surface area contributed by atoms with Gasteiger partial charge in [-0.3, -0.25) is 9.59 Å². The maximum Gasteiger partial charge on any atom is 0.244 e. The molecule has 20 heavy (non-hydrogen) atoms. The average molecular weight is 315 g/mol. The lowest BCUT2D eigenvalue weighted by Crippen LogP contribution is -2.43. The van der Waals surface area contributed by atoms with Gasteiger partial charge in [0.25, 0.3) is 0 Å². The molecule has 0 spiro atoms. The molecule has 0 aromatic heterocycles. The van der Waals surface area contributed by atoms with Crippen LogP contribution in [0.1, 0.15) is 18.9 Å². The number of amides is 2. The molecule has 2 amide bonds. The molecule has 1 N–H and O–H groups in total. The molecule has 1 atom stereocenters. The highest BCUT2D eigenvalue weighted by Gasteiger charge is 2.26. The van der Waals surface area contributed by atoms with Crippen molar-refractivity contribution in [2.24, 2.45) is 0 Å². The van der Waals surface area contributed by atoms with Crippen molar-refractivity contribution in [1.29, 1.82) is 0 Å². The summed E-state index contributed by atoms with van der Waals surface area (Å²) in [5.74, 6) is -0.140. The van der Waals surface area contributed by atoms with Gasteiger partial charge in [0.15, 0.2) is 0 Å². The molecule has 1 aromatic carbocycles. The topological polar surface area (TPSA) is 49.4 Å². The third kappa shape index (κ3) is 3.64. The minimum atomic E-state index is -0.467. The van der Waals surface area contributed by atoms with Crippen LogP contribution in [0.3, 0.4) is 0 Å². The minimum Gasteiger partial charge on any atom is -0.345 e. The first kappa shape index (κ1) is 15.1. The van der Waals surface area contributed by atoms with E-state index in [0.29, 0.717) is 36.0 Å². The van der Waals surface area contributed by atoms with Crippen LogP contribution in [0.2, 0.25) is 10.0 Å². The Balaban J connectivity index is 2.02. The molecule has 0 saturated carbocycles. The van der Waals surface area contributed by atoms with E-state index in [1.807, 2.05) is 6.07 Å². The molecular weight excluding hydrogens is 299 g/mol. The highest BCUT2D eigenvalue weighted by atomic mass is 35.5. The SMILES string of the molecule is CC1NC(=O)CCN(CCc2ccc(Cl)cc2Cl)C1=O. The Morgan fingerprint density at radius 1 is 1.35 bits per heavy atom. The van der Waals surface area contributed by atoms with E-state index in [4.69, 9.17) is 23.2 Å². The van der Waals surface area contributed by atoms with Gasteiger partial charge >= 0.3 is 0 Å². The second-order valence-electron chi connectivity index (χ2n) is 4.85. The Bertz CT molecular complexity index is 534. The fourth-order valence-corrected chi connectivity index (χ4v) is 2.70. The smallest absolute Gasteiger partial charge is 0.244 e. The van der Waals surface area contributed by atoms with Gasteiger partial charge in [0.1, 0.15) is 6.04 Å². The van der Waals surface area contributed by atoms with Crippen molar-refractivity contribution < 1.29 is 9.59 Å². The van der Waals surface area contributed by atoms with E-state index in [1.165, 1.54) is 0 Å². The highest BCUT2D eigenvalue weighted by molar-refractivity contribution is 6.35. The zero-order chi connectivity index (χ0) is 14.7. The molecule has 6 heteroatoms. The number of nitrogens with zero attached hydrogens (tertiary/aromatic N) is 1. The predicted octanol–water partition coefficient (Wildman–Crippen LogP) is 2.27. The van der Waals surface area contributed by atoms with Crippen LogP contribution in [0.15, 0.2) is 18.2 Å². The van der Waals surface area contributed by atoms with E-state index in [9.17, 15) is 9.59 Å². The Labute approximate surface area is 128 Å². The molecule has 0 radical (unpaired) electrons. The lowest BCUT2D eigenvalue weighted by atomic mass is 10.1. The standard InChI is InChI=1S/C14H16Cl2N2O2/c1-9-14(20)18(7-5-13(19)17-9)6-4-10-2-3-11(15)8-12(10)16/h2-3,8-9H,4-7H2,1H3,(H,17,19). The van der Waals surface area contributed by atoms with E-state index in [1.54, 1.807) is 24.0 Å². The number of halogens is 2. The lowest BCUT2D eigenvalue weighted by Gasteiger charge is -2.22. The summed E-state index contributed by atoms with van der Waals surface area (Å²) >= 11 is 12.0. The zero-order valence-corrected chi connectivity index (χ0v) is 12.7. The molecule has 2 rings (SSSR count). The Morgan fingerprint density at radius 2 is 2.10 bits per heavy atom. The molecule has 0 aliphatic carbocycles. The fraction of sp³-hybridized carbons (Fsp3) is 0.429. The summed E-state index contributed by atoms with van der Waals surface area (Å²) in [5, 5.41) is 3.85. The van der Waals surface area contributed by atoms with Crippen LogP contribution in [0.4, 0.5) is 0 Å². The number of benzene rings is 1. The Morgan fingerprint density at radius 3 is 2.80 bits per heavy atom. The van der Waals surface area contributed by atoms with Gasteiger partial charge in [0.05, 0.1) is 0 Å². The lowest BCUT2D eigenvalue weighted by molar-refractivity contribution is -0.133. The summed E-state index contributed by atoms with van der Waals surface area (Å²) in [4.78, 5) is 25.2. The molecular formula is C14H16Cl2N2O2. The normalized spacial score (nSPS) is 19.8. The monoisotopic (exact) mass is 314 g/mol. The predicted molar refractivity (Wildman–Crippen MR) is 79.0 cm³/mol. The summed E-state index contributed by atoms with van der Waals surface area (Å²) < 4.78 is 0. The number of hydrogen-bond acceptors (Lipinski definition) is 2. The highest BCUT2D eigenvalue weighted by Crippen LogP contribution is 2.21. The van der Waals surface area contributed by atoms with Gasteiger partial charge in [-0.25, -0.2) is 0 Å². The summed E-state index contributed by atoms with van der Waals surface area (Å²) in [6, 6.07) is 4.86. The largest absolute Gasteiger partial charge is 0.345 e. The van der Waals surface area contributed by atoms with Crippen molar-refractivity contribution in [3.8, 4) is 0 Å². The summed E-state index contributed by atoms with van der Waals surface area (Å²) in [5.41, 5.74) is 0.944. The van der Waals surface area contributed by atoms with Gasteiger partial charge in [-0.2, -0.15) is 0 Å². The van der Waals surface area contributed by atoms with Gasteiger partial charge in [-0.05, 0) is 31.0 Å². The quantitative estimate of drug-likeness (QED) is 0.930. The van der Waals surface area contributed by atoms with Crippen LogP contribution in [-0.2, 0) is 16.0 Å². The van der Waals surface area contributed by atoms with Crippen molar-refractivity contribution in [2.75, 3.05) is 13.1 Å². The number of nitrogens with one attached hydrogen (secondary N) is 1. The van der Waals surface area contributed by atoms with Gasteiger partial charge < -0.3 is 10.2 Å². The Kier molecular flexibility index (Phi) is 4.89. The van der Waals surface area contributed by atoms with Crippen LogP contribution in [0.25, 0.3) is 0 Å². The molecule has 1 aromatic rings. The van der Waals surface area contributed by atoms with Crippen molar-refractivity contribution in [3.05, 3.63) is 33.8 Å². The molecule has 1 aliphatic rings. The first-order valence-electron chi connectivity index (χ1n) is 6.49. The number of hydrogen-bond donors (Lipinski definition) is 1. The number of carbonyl (C=O) groups is 2. The van der Waals surface area contributed by atoms with Crippen molar-refractivity contribution >= 4 is 35.0 Å². The van der Waals surface area contributed by atoms with Gasteiger partial charge in [-0.1, -0.05) is 29.3 Å². The maximum absolute atomic E-state index is 12.1. The number of rotatable bonds is 3. The second kappa shape index (κ2) is 6.46. The van der Waals surface area contributed by atoms with Crippen molar-refractivity contribution in [1.82, 2.24) is 10.2 Å². The fourth-order valence-electron chi connectivity index (χ4n) is 2.20. The molecule has 1 unspecified atom stereocenters. The second-order valence-corrected chi connectivity index (χ2v) is 5.69. The molecule has 1 aliphatic heterocycles. The van der Waals surface area contributed by atoms with E-state index in [2.05, 4.69) is 5.32 Å². The maximum atomic E-state index is 12.1. The summed E-state index contributed by atoms with van der Waals surface area (Å²) in [6.45, 7) is 2.69. The average Bonchev–Trinajstić information content (AvgIpc) is 2.50. The number of carbonyl (C=O) groups excluding carboxylic acids is 2. The van der Waals surface area contributed by atoms with Crippen LogP contribution in [-0.4, -0.2) is 35.8 Å². The first-order chi connectivity index (χ1) is 9.47. The third-order valence-corrected chi connectivity index (χ3v) is 3.92. The van der Waals surface area contributed by atoms with Crippen LogP contribution in [0, 0.1) is 0 Å². The molecule has 1 saturated heterocycles. The van der Waals surface area contributed by atoms with Crippen LogP contribution < -0.4 is 5.32 Å². The Hall–Kier alpha value is -1.26. The van der Waals surface area contributed by atoms with E-state index >= 15 is 0 Å². The van der Waals surface area contributed by atoms with Crippen LogP contribution >= 0.6 is 23.2 Å². The summed E-state index contributed by atoms with van der Waals surface area (Å²) in [7, 11) is 0. The minimum absolute atomic E-state index is 0.0547. The van der Waals surface area contributed by atoms with Crippen molar-refractivity contribution in [3.63, 3.8) is 0 Å². The van der Waals surface area contributed by atoms with Gasteiger partial charge in [-0.15, -0.1) is 0 Å². The molecule has 1 fully saturated rings. The van der Waals surface area contributed by atoms with Gasteiger partial charge in [0.2, 0.25) is 11.8 Å². The van der Waals surface area contributed by atoms with E-state index < -0.39 is 6.04 Å². The molecule has 1 heterocycles. The van der Waals surface area contributed by atoms with E-state index in [-0.39, 0.29) is 11.8 Å². The van der Waals surface area contributed by atoms with Crippen molar-refractivity contribution in [2.45, 2.75) is 25.8 Å². The molecule has 108 valence electrons. The summed E-state index contributed by atoms with van der Waals surface area (Å²) in [6.07, 6.45) is 0.979. The van der Waals surface area contributed by atoms with Crippen LogP contribution in [0.5, 0.6) is 0 Å². The molecule has 0 bridgehead atoms. The van der Waals surface area contributed by atoms with E-state index in [0.717, 1.165) is 5.56 Å². The molecule has 4 nitrogen and oxygen atoms in total. The third-order valence-electron chi connectivity index (χ3n) is 3.33. The first-order valence-corrected chi connectivity index (χ1v) is 7.25. The zero-order valence-electron chi connectivity index (χ0n) is 11.2.